The highest BCUT2D eigenvalue weighted by Gasteiger charge is 2.52. The number of rotatable bonds is 0. The van der Waals surface area contributed by atoms with Crippen molar-refractivity contribution >= 4 is 5.78 Å². The Kier molecular flexibility index (Phi) is 1.28. The summed E-state index contributed by atoms with van der Waals surface area (Å²) in [6.07, 6.45) is 0.840. The zero-order chi connectivity index (χ0) is 7.07. The molecule has 1 aliphatic heterocycles. The number of Topliss-reactive ketones (excluding diaryl/α,β-unsaturated/α-hetero) is 1. The van der Waals surface area contributed by atoms with Gasteiger partial charge >= 0.3 is 0 Å². The Morgan fingerprint density at radius 2 is 2.22 bits per heavy atom. The van der Waals surface area contributed by atoms with Gasteiger partial charge in [0.05, 0.1) is 0 Å². The highest BCUT2D eigenvalue weighted by Crippen LogP contribution is 2.35. The third-order valence-electron chi connectivity index (χ3n) is 2.00. The topological polar surface area (TPSA) is 26.3 Å². The number of ether oxygens (including phenoxy) is 1. The van der Waals surface area contributed by atoms with Crippen LogP contribution in [0.2, 0.25) is 0 Å². The fourth-order valence-corrected chi connectivity index (χ4v) is 0.731. The Bertz CT molecular complexity index is 138. The Morgan fingerprint density at radius 3 is 2.33 bits per heavy atom. The lowest BCUT2D eigenvalue weighted by Crippen LogP contribution is -2.22. The summed E-state index contributed by atoms with van der Waals surface area (Å²) >= 11 is 0. The molecule has 0 aromatic carbocycles. The van der Waals surface area contributed by atoms with Gasteiger partial charge in [0.1, 0.15) is 6.92 Å². The summed E-state index contributed by atoms with van der Waals surface area (Å²) in [4.78, 5) is 11.0. The van der Waals surface area contributed by atoms with Gasteiger partial charge < -0.3 is 0 Å². The molecule has 1 aliphatic rings. The van der Waals surface area contributed by atoms with E-state index >= 15 is 0 Å². The molecule has 0 aliphatic carbocycles. The van der Waals surface area contributed by atoms with E-state index in [1.165, 1.54) is 0 Å². The van der Waals surface area contributed by atoms with Crippen molar-refractivity contribution in [2.45, 2.75) is 20.8 Å². The maximum atomic E-state index is 11.0. The first-order chi connectivity index (χ1) is 4.05. The molecular formula is C7H11O2+. The van der Waals surface area contributed by atoms with Crippen molar-refractivity contribution in [3.63, 3.8) is 0 Å². The second-order valence-electron chi connectivity index (χ2n) is 2.89. The van der Waals surface area contributed by atoms with E-state index < -0.39 is 0 Å². The first-order valence-electron chi connectivity index (χ1n) is 3.05. The van der Waals surface area contributed by atoms with Crippen LogP contribution in [0.1, 0.15) is 20.8 Å². The molecule has 2 nitrogen and oxygen atoms in total. The molecule has 0 aromatic heterocycles. The van der Waals surface area contributed by atoms with Gasteiger partial charge in [0.2, 0.25) is 5.78 Å². The molecule has 0 N–H and O–H groups in total. The van der Waals surface area contributed by atoms with Crippen molar-refractivity contribution in [2.75, 3.05) is 6.61 Å². The van der Waals surface area contributed by atoms with Crippen LogP contribution in [0.3, 0.4) is 0 Å². The minimum absolute atomic E-state index is 0.181. The average Bonchev–Trinajstić information content (AvgIpc) is 1.96. The number of hydrogen-bond donors (Lipinski definition) is 0. The second-order valence-corrected chi connectivity index (χ2v) is 2.89. The van der Waals surface area contributed by atoms with E-state index in [-0.39, 0.29) is 17.8 Å². The standard InChI is InChI=1S/C7H11O2/c1-5-7(2,3)6(8)4-9-5/h4H2,1-3H3/q+1. The van der Waals surface area contributed by atoms with Gasteiger partial charge in [0, 0.05) is 0 Å². The van der Waals surface area contributed by atoms with E-state index in [1.54, 1.807) is 0 Å². The van der Waals surface area contributed by atoms with Gasteiger partial charge in [-0.15, -0.1) is 0 Å². The molecule has 0 bridgehead atoms. The molecule has 9 heavy (non-hydrogen) atoms. The fourth-order valence-electron chi connectivity index (χ4n) is 0.731. The summed E-state index contributed by atoms with van der Waals surface area (Å²) in [6, 6.07) is 0. The molecular weight excluding hydrogens is 116 g/mol. The zero-order valence-electron chi connectivity index (χ0n) is 6.02. The lowest BCUT2D eigenvalue weighted by Gasteiger charge is -2.05. The molecule has 1 fully saturated rings. The predicted octanol–water partition coefficient (Wildman–Crippen LogP) is 1.16. The summed E-state index contributed by atoms with van der Waals surface area (Å²) in [7, 11) is 0. The molecule has 0 aromatic rings. The summed E-state index contributed by atoms with van der Waals surface area (Å²) in [5.41, 5.74) is -0.333. The lowest BCUT2D eigenvalue weighted by atomic mass is 9.86. The van der Waals surface area contributed by atoms with Crippen molar-refractivity contribution in [1.29, 1.82) is 0 Å². The van der Waals surface area contributed by atoms with Crippen LogP contribution in [0.5, 0.6) is 0 Å². The van der Waals surface area contributed by atoms with Crippen LogP contribution < -0.4 is 0 Å². The highest BCUT2D eigenvalue weighted by atomic mass is 16.5. The Morgan fingerprint density at radius 1 is 1.67 bits per heavy atom. The molecule has 50 valence electrons. The van der Waals surface area contributed by atoms with Crippen LogP contribution in [0.25, 0.3) is 0 Å². The summed E-state index contributed by atoms with van der Waals surface area (Å²) in [5.74, 6) is 0.181. The molecule has 0 radical (unpaired) electrons. The van der Waals surface area contributed by atoms with Crippen molar-refractivity contribution < 1.29 is 9.53 Å². The Labute approximate surface area is 55.2 Å². The number of hydrogen-bond acceptors (Lipinski definition) is 2. The van der Waals surface area contributed by atoms with Crippen LogP contribution in [-0.4, -0.2) is 12.4 Å². The van der Waals surface area contributed by atoms with Crippen molar-refractivity contribution in [1.82, 2.24) is 0 Å². The quantitative estimate of drug-likeness (QED) is 0.456. The van der Waals surface area contributed by atoms with Gasteiger partial charge in [-0.1, -0.05) is 0 Å². The maximum Gasteiger partial charge on any atom is 0.251 e. The highest BCUT2D eigenvalue weighted by molar-refractivity contribution is 5.89. The van der Waals surface area contributed by atoms with Gasteiger partial charge in [-0.25, -0.2) is 0 Å². The van der Waals surface area contributed by atoms with Crippen LogP contribution in [-0.2, 0) is 9.53 Å². The molecule has 0 atom stereocenters. The molecule has 1 saturated heterocycles. The van der Waals surface area contributed by atoms with E-state index in [4.69, 9.17) is 4.74 Å². The third kappa shape index (κ3) is 0.833. The van der Waals surface area contributed by atoms with Crippen molar-refractivity contribution in [3.05, 3.63) is 6.10 Å². The Balaban J connectivity index is 2.78. The maximum absolute atomic E-state index is 11.0. The molecule has 2 heteroatoms. The van der Waals surface area contributed by atoms with E-state index in [1.807, 2.05) is 20.8 Å². The second kappa shape index (κ2) is 1.74. The predicted molar refractivity (Wildman–Crippen MR) is 33.7 cm³/mol. The van der Waals surface area contributed by atoms with Crippen LogP contribution in [0.15, 0.2) is 0 Å². The molecule has 0 spiro atoms. The average molecular weight is 127 g/mol. The minimum Gasteiger partial charge on any atom is -0.291 e. The minimum atomic E-state index is -0.333. The number of carbonyl (C=O) groups excluding carboxylic acids is 1. The number of ketones is 1. The largest absolute Gasteiger partial charge is 0.291 e. The van der Waals surface area contributed by atoms with E-state index in [0.29, 0.717) is 0 Å². The van der Waals surface area contributed by atoms with E-state index in [2.05, 4.69) is 0 Å². The first kappa shape index (κ1) is 6.62. The molecule has 0 unspecified atom stereocenters. The van der Waals surface area contributed by atoms with Crippen molar-refractivity contribution in [3.8, 4) is 0 Å². The smallest absolute Gasteiger partial charge is 0.251 e. The fraction of sp³-hybridized carbons (Fsp3) is 0.714. The van der Waals surface area contributed by atoms with Crippen LogP contribution in [0.4, 0.5) is 0 Å². The summed E-state index contributed by atoms with van der Waals surface area (Å²) in [5, 5.41) is 0. The lowest BCUT2D eigenvalue weighted by molar-refractivity contribution is -0.123. The third-order valence-corrected chi connectivity index (χ3v) is 2.00. The normalized spacial score (nSPS) is 25.2. The van der Waals surface area contributed by atoms with Crippen LogP contribution >= 0.6 is 0 Å². The van der Waals surface area contributed by atoms with Gasteiger partial charge in [-0.05, 0) is 13.8 Å². The zero-order valence-corrected chi connectivity index (χ0v) is 6.02. The Hall–Kier alpha value is -0.500. The monoisotopic (exact) mass is 127 g/mol. The summed E-state index contributed by atoms with van der Waals surface area (Å²) < 4.78 is 5.05. The van der Waals surface area contributed by atoms with E-state index in [0.717, 1.165) is 6.10 Å². The van der Waals surface area contributed by atoms with Gasteiger partial charge in [0.15, 0.2) is 12.0 Å². The molecule has 0 saturated carbocycles. The van der Waals surface area contributed by atoms with Gasteiger partial charge in [-0.3, -0.25) is 4.79 Å². The van der Waals surface area contributed by atoms with Crippen LogP contribution in [0, 0.1) is 11.5 Å². The van der Waals surface area contributed by atoms with E-state index in [9.17, 15) is 4.79 Å². The SMILES string of the molecule is C[C+]1OCC(=O)C1(C)C. The molecule has 0 amide bonds. The van der Waals surface area contributed by atoms with Gasteiger partial charge in [0.25, 0.3) is 6.10 Å². The first-order valence-corrected chi connectivity index (χ1v) is 3.05. The molecule has 1 heterocycles. The van der Waals surface area contributed by atoms with Gasteiger partial charge in [-0.2, -0.15) is 4.74 Å². The number of carbonyl (C=O) groups is 1. The van der Waals surface area contributed by atoms with Crippen molar-refractivity contribution in [2.24, 2.45) is 5.41 Å². The molecule has 1 rings (SSSR count). The summed E-state index contributed by atoms with van der Waals surface area (Å²) in [6.45, 7) is 5.89.